The summed E-state index contributed by atoms with van der Waals surface area (Å²) in [6.07, 6.45) is 2.85. The minimum absolute atomic E-state index is 0.0764. The molecule has 1 aromatic carbocycles. The second kappa shape index (κ2) is 5.73. The van der Waals surface area contributed by atoms with E-state index in [4.69, 9.17) is 26.2 Å². The van der Waals surface area contributed by atoms with Gasteiger partial charge in [0.05, 0.1) is 19.1 Å². The van der Waals surface area contributed by atoms with Gasteiger partial charge in [-0.3, -0.25) is 4.79 Å². The van der Waals surface area contributed by atoms with E-state index in [0.29, 0.717) is 29.5 Å². The highest BCUT2D eigenvalue weighted by atomic mass is 35.5. The third kappa shape index (κ3) is 3.09. The SMILES string of the molecule is COc1cc(Cl)cc(C2CC(C(=O)O)CN2)c1OC1CC1. The number of hydrogen-bond donors (Lipinski definition) is 2. The van der Waals surface area contributed by atoms with E-state index in [0.717, 1.165) is 18.4 Å². The number of carboxylic acid groups (broad SMARTS) is 1. The summed E-state index contributed by atoms with van der Waals surface area (Å²) in [4.78, 5) is 11.1. The lowest BCUT2D eigenvalue weighted by molar-refractivity contribution is -0.141. The predicted molar refractivity (Wildman–Crippen MR) is 78.1 cm³/mol. The van der Waals surface area contributed by atoms with Crippen LogP contribution in [0.5, 0.6) is 11.5 Å². The summed E-state index contributed by atoms with van der Waals surface area (Å²) in [5.41, 5.74) is 0.884. The van der Waals surface area contributed by atoms with E-state index in [9.17, 15) is 4.79 Å². The molecule has 2 N–H and O–H groups in total. The number of nitrogens with one attached hydrogen (secondary N) is 1. The molecule has 1 saturated heterocycles. The number of carboxylic acids is 1. The van der Waals surface area contributed by atoms with Crippen molar-refractivity contribution in [1.29, 1.82) is 0 Å². The van der Waals surface area contributed by atoms with E-state index in [2.05, 4.69) is 5.32 Å². The van der Waals surface area contributed by atoms with Gasteiger partial charge in [0.25, 0.3) is 0 Å². The van der Waals surface area contributed by atoms with Crippen molar-refractivity contribution < 1.29 is 19.4 Å². The molecular weight excluding hydrogens is 294 g/mol. The van der Waals surface area contributed by atoms with Crippen molar-refractivity contribution in [3.8, 4) is 11.5 Å². The Morgan fingerprint density at radius 1 is 1.43 bits per heavy atom. The van der Waals surface area contributed by atoms with Crippen molar-refractivity contribution >= 4 is 17.6 Å². The lowest BCUT2D eigenvalue weighted by Gasteiger charge is -2.19. The molecule has 0 spiro atoms. The number of rotatable bonds is 5. The van der Waals surface area contributed by atoms with Gasteiger partial charge < -0.3 is 19.9 Å². The Hall–Kier alpha value is -1.46. The first kappa shape index (κ1) is 14.5. The molecule has 2 fully saturated rings. The number of benzene rings is 1. The van der Waals surface area contributed by atoms with Crippen molar-refractivity contribution in [2.24, 2.45) is 5.92 Å². The number of carbonyl (C=O) groups is 1. The highest BCUT2D eigenvalue weighted by Gasteiger charge is 2.34. The summed E-state index contributed by atoms with van der Waals surface area (Å²) in [6.45, 7) is 0.456. The molecule has 2 unspecified atom stereocenters. The zero-order valence-corrected chi connectivity index (χ0v) is 12.5. The molecule has 1 aliphatic heterocycles. The summed E-state index contributed by atoms with van der Waals surface area (Å²) in [6, 6.07) is 3.49. The van der Waals surface area contributed by atoms with Gasteiger partial charge in [-0.2, -0.15) is 0 Å². The molecule has 1 saturated carbocycles. The van der Waals surface area contributed by atoms with Crippen LogP contribution in [0.25, 0.3) is 0 Å². The molecule has 0 bridgehead atoms. The largest absolute Gasteiger partial charge is 0.493 e. The van der Waals surface area contributed by atoms with E-state index in [1.54, 1.807) is 13.2 Å². The molecular formula is C15H18ClNO4. The molecule has 6 heteroatoms. The second-order valence-corrected chi connectivity index (χ2v) is 6.01. The quantitative estimate of drug-likeness (QED) is 0.875. The van der Waals surface area contributed by atoms with Crippen LogP contribution in [-0.4, -0.2) is 30.8 Å². The lowest BCUT2D eigenvalue weighted by atomic mass is 9.99. The van der Waals surface area contributed by atoms with E-state index in [1.807, 2.05) is 6.07 Å². The molecule has 3 rings (SSSR count). The number of ether oxygens (including phenoxy) is 2. The van der Waals surface area contributed by atoms with E-state index < -0.39 is 5.97 Å². The van der Waals surface area contributed by atoms with E-state index >= 15 is 0 Å². The van der Waals surface area contributed by atoms with Gasteiger partial charge in [-0.25, -0.2) is 0 Å². The van der Waals surface area contributed by atoms with Crippen LogP contribution in [0.2, 0.25) is 5.02 Å². The summed E-state index contributed by atoms with van der Waals surface area (Å²) in [7, 11) is 1.58. The van der Waals surface area contributed by atoms with Crippen molar-refractivity contribution in [1.82, 2.24) is 5.32 Å². The van der Waals surface area contributed by atoms with Crippen molar-refractivity contribution in [2.75, 3.05) is 13.7 Å². The van der Waals surface area contributed by atoms with Gasteiger partial charge in [0.1, 0.15) is 0 Å². The third-order valence-electron chi connectivity index (χ3n) is 3.93. The van der Waals surface area contributed by atoms with E-state index in [-0.39, 0.29) is 18.1 Å². The Balaban J connectivity index is 1.92. The standard InChI is InChI=1S/C15H18ClNO4/c1-20-13-6-9(16)5-11(14(13)21-10-2-3-10)12-4-8(7-17-12)15(18)19/h5-6,8,10,12,17H,2-4,7H2,1H3,(H,18,19). The molecule has 2 atom stereocenters. The summed E-state index contributed by atoms with van der Waals surface area (Å²) in [5.74, 6) is 0.135. The van der Waals surface area contributed by atoms with Crippen molar-refractivity contribution in [3.63, 3.8) is 0 Å². The number of halogens is 1. The van der Waals surface area contributed by atoms with Gasteiger partial charge in [-0.1, -0.05) is 11.6 Å². The monoisotopic (exact) mass is 311 g/mol. The summed E-state index contributed by atoms with van der Waals surface area (Å²) >= 11 is 6.15. The Morgan fingerprint density at radius 2 is 2.19 bits per heavy atom. The molecule has 2 aliphatic rings. The number of hydrogen-bond acceptors (Lipinski definition) is 4. The Kier molecular flexibility index (Phi) is 3.95. The average molecular weight is 312 g/mol. The molecule has 1 aromatic rings. The Labute approximate surface area is 128 Å². The Morgan fingerprint density at radius 3 is 2.76 bits per heavy atom. The van der Waals surface area contributed by atoms with Crippen LogP contribution in [0.3, 0.4) is 0 Å². The topological polar surface area (TPSA) is 67.8 Å². The van der Waals surface area contributed by atoms with Crippen LogP contribution in [-0.2, 0) is 4.79 Å². The minimum Gasteiger partial charge on any atom is -0.493 e. The normalized spacial score (nSPS) is 24.9. The van der Waals surface area contributed by atoms with Crippen LogP contribution in [0.1, 0.15) is 30.9 Å². The molecule has 0 radical (unpaired) electrons. The van der Waals surface area contributed by atoms with Crippen LogP contribution in [0.4, 0.5) is 0 Å². The van der Waals surface area contributed by atoms with Crippen LogP contribution < -0.4 is 14.8 Å². The van der Waals surface area contributed by atoms with Gasteiger partial charge in [-0.15, -0.1) is 0 Å². The van der Waals surface area contributed by atoms with Gasteiger partial charge in [0, 0.05) is 29.2 Å². The first-order chi connectivity index (χ1) is 10.1. The van der Waals surface area contributed by atoms with Crippen LogP contribution in [0.15, 0.2) is 12.1 Å². The van der Waals surface area contributed by atoms with Gasteiger partial charge in [0.2, 0.25) is 0 Å². The average Bonchev–Trinajstić information content (AvgIpc) is 3.13. The molecule has 1 aliphatic carbocycles. The molecule has 0 amide bonds. The lowest BCUT2D eigenvalue weighted by Crippen LogP contribution is -2.17. The first-order valence-corrected chi connectivity index (χ1v) is 7.46. The molecule has 1 heterocycles. The zero-order valence-electron chi connectivity index (χ0n) is 11.8. The maximum atomic E-state index is 11.1. The van der Waals surface area contributed by atoms with Gasteiger partial charge in [0.15, 0.2) is 11.5 Å². The third-order valence-corrected chi connectivity index (χ3v) is 4.15. The van der Waals surface area contributed by atoms with Gasteiger partial charge >= 0.3 is 5.97 Å². The highest BCUT2D eigenvalue weighted by Crippen LogP contribution is 2.43. The van der Waals surface area contributed by atoms with Crippen LogP contribution >= 0.6 is 11.6 Å². The molecule has 0 aromatic heterocycles. The maximum absolute atomic E-state index is 11.1. The fourth-order valence-electron chi connectivity index (χ4n) is 2.64. The first-order valence-electron chi connectivity index (χ1n) is 7.08. The molecule has 21 heavy (non-hydrogen) atoms. The van der Waals surface area contributed by atoms with Crippen molar-refractivity contribution in [2.45, 2.75) is 31.4 Å². The fourth-order valence-corrected chi connectivity index (χ4v) is 2.86. The maximum Gasteiger partial charge on any atom is 0.307 e. The molecule has 114 valence electrons. The fraction of sp³-hybridized carbons (Fsp3) is 0.533. The Bertz CT molecular complexity index is 559. The van der Waals surface area contributed by atoms with Gasteiger partial charge in [-0.05, 0) is 25.3 Å². The summed E-state index contributed by atoms with van der Waals surface area (Å²) < 4.78 is 11.3. The predicted octanol–water partition coefficient (Wildman–Crippen LogP) is 2.63. The number of aliphatic carboxylic acids is 1. The van der Waals surface area contributed by atoms with Crippen LogP contribution in [0, 0.1) is 5.92 Å². The summed E-state index contributed by atoms with van der Waals surface area (Å²) in [5, 5.41) is 12.9. The number of methoxy groups -OCH3 is 1. The second-order valence-electron chi connectivity index (χ2n) is 5.58. The van der Waals surface area contributed by atoms with Crippen molar-refractivity contribution in [3.05, 3.63) is 22.7 Å². The zero-order chi connectivity index (χ0) is 15.0. The smallest absolute Gasteiger partial charge is 0.307 e. The highest BCUT2D eigenvalue weighted by molar-refractivity contribution is 6.30. The van der Waals surface area contributed by atoms with E-state index in [1.165, 1.54) is 0 Å². The molecule has 5 nitrogen and oxygen atoms in total. The minimum atomic E-state index is -0.774.